The third-order valence-electron chi connectivity index (χ3n) is 13.7. The van der Waals surface area contributed by atoms with Crippen LogP contribution in [0.4, 0.5) is 26.5 Å². The van der Waals surface area contributed by atoms with E-state index in [-0.39, 0.29) is 61.4 Å². The van der Waals surface area contributed by atoms with E-state index in [1.165, 1.54) is 22.8 Å². The zero-order valence-electron chi connectivity index (χ0n) is 41.1. The molecule has 0 unspecified atom stereocenters. The number of phenols is 1. The molecule has 8 aromatic rings. The van der Waals surface area contributed by atoms with Gasteiger partial charge in [0.05, 0.1) is 57.1 Å². The molecule has 0 spiro atoms. The highest BCUT2D eigenvalue weighted by atomic mass is 79.9. The van der Waals surface area contributed by atoms with Crippen molar-refractivity contribution in [3.05, 3.63) is 122 Å². The molecule has 72 heavy (non-hydrogen) atoms. The Bertz CT molecular complexity index is 3530. The molecule has 2 aliphatic rings. The molecule has 372 valence electrons. The van der Waals surface area contributed by atoms with Gasteiger partial charge in [-0.2, -0.15) is 24.6 Å². The number of carbonyl (C=O) groups excluding carboxylic acids is 1. The summed E-state index contributed by atoms with van der Waals surface area (Å²) in [5, 5.41) is 18.9. The molecular weight excluding hydrogens is 989 g/mol. The van der Waals surface area contributed by atoms with Crippen molar-refractivity contribution < 1.29 is 18.7 Å². The number of anilines is 3. The minimum absolute atomic E-state index is 0.00140. The summed E-state index contributed by atoms with van der Waals surface area (Å²) in [5.41, 5.74) is 4.81. The summed E-state index contributed by atoms with van der Waals surface area (Å²) in [6, 6.07) is 10.3. The molecule has 0 aliphatic carbocycles. The van der Waals surface area contributed by atoms with Gasteiger partial charge in [-0.05, 0) is 110 Å². The molecule has 2 saturated heterocycles. The van der Waals surface area contributed by atoms with Gasteiger partial charge in [-0.3, -0.25) is 9.78 Å². The van der Waals surface area contributed by atoms with Gasteiger partial charge in [0.1, 0.15) is 28.9 Å². The number of hydrogen-bond donors (Lipinski definition) is 2. The number of phenolic OH excluding ortho intramolecular Hbond substituents is 1. The minimum atomic E-state index is -0.928. The van der Waals surface area contributed by atoms with Gasteiger partial charge < -0.3 is 34.6 Å². The summed E-state index contributed by atoms with van der Waals surface area (Å²) in [6.07, 6.45) is 3.34. The molecule has 0 radical (unpaired) electrons. The second kappa shape index (κ2) is 19.0. The molecule has 2 N–H and O–H groups in total. The highest BCUT2D eigenvalue weighted by molar-refractivity contribution is 9.10. The van der Waals surface area contributed by atoms with Crippen molar-refractivity contribution in [2.75, 3.05) is 68.0 Å². The molecule has 2 aromatic carbocycles. The number of hydrogen-bond acceptors (Lipinski definition) is 14. The van der Waals surface area contributed by atoms with E-state index in [4.69, 9.17) is 15.0 Å². The highest BCUT2D eigenvalue weighted by Gasteiger charge is 2.33. The van der Waals surface area contributed by atoms with Crippen molar-refractivity contribution in [2.45, 2.75) is 66.6 Å². The van der Waals surface area contributed by atoms with Crippen molar-refractivity contribution in [1.82, 2.24) is 58.5 Å². The van der Waals surface area contributed by atoms with Crippen LogP contribution in [0.25, 0.3) is 44.7 Å². The van der Waals surface area contributed by atoms with E-state index in [1.807, 2.05) is 57.1 Å². The van der Waals surface area contributed by atoms with Crippen LogP contribution in [0.1, 0.15) is 54.9 Å². The summed E-state index contributed by atoms with van der Waals surface area (Å²) < 4.78 is 37.5. The molecule has 1 atom stereocenters. The maximum Gasteiger partial charge on any atom is 0.355 e. The maximum absolute atomic E-state index is 16.4. The molecule has 21 heteroatoms. The van der Waals surface area contributed by atoms with E-state index >= 15 is 8.78 Å². The van der Waals surface area contributed by atoms with Crippen LogP contribution in [0.5, 0.6) is 5.75 Å². The van der Waals surface area contributed by atoms with Crippen LogP contribution in [-0.2, 0) is 17.9 Å². The summed E-state index contributed by atoms with van der Waals surface area (Å²) in [5.74, 6) is -0.826. The first-order valence-corrected chi connectivity index (χ1v) is 24.6. The first-order valence-electron chi connectivity index (χ1n) is 23.8. The molecule has 0 saturated carbocycles. The highest BCUT2D eigenvalue weighted by Crippen LogP contribution is 2.37. The van der Waals surface area contributed by atoms with E-state index < -0.39 is 40.4 Å². The van der Waals surface area contributed by atoms with Gasteiger partial charge in [-0.25, -0.2) is 28.1 Å². The number of nitrogens with one attached hydrogen (secondary N) is 1. The number of amides is 1. The Morgan fingerprint density at radius 2 is 1.69 bits per heavy atom. The van der Waals surface area contributed by atoms with Crippen molar-refractivity contribution in [2.24, 2.45) is 0 Å². The number of fused-ring (bicyclic) bond motifs is 3. The molecule has 0 bridgehead atoms. The van der Waals surface area contributed by atoms with Crippen LogP contribution in [0, 0.1) is 32.4 Å². The fourth-order valence-electron chi connectivity index (χ4n) is 9.67. The molecule has 10 rings (SSSR count). The first kappa shape index (κ1) is 48.2. The Morgan fingerprint density at radius 3 is 2.43 bits per heavy atom. The zero-order valence-corrected chi connectivity index (χ0v) is 42.7. The zero-order chi connectivity index (χ0) is 50.9. The second-order valence-electron chi connectivity index (χ2n) is 19.0. The van der Waals surface area contributed by atoms with Gasteiger partial charge in [0, 0.05) is 63.6 Å². The van der Waals surface area contributed by atoms with Crippen molar-refractivity contribution >= 4 is 67.3 Å². The summed E-state index contributed by atoms with van der Waals surface area (Å²) in [4.78, 5) is 65.6. The van der Waals surface area contributed by atoms with Crippen LogP contribution in [0.2, 0.25) is 0 Å². The Balaban J connectivity index is 0.945. The maximum atomic E-state index is 16.4. The molecule has 1 amide bonds. The number of aromatic hydroxyl groups is 1. The van der Waals surface area contributed by atoms with E-state index in [0.29, 0.717) is 45.9 Å². The largest absolute Gasteiger partial charge is 0.507 e. The minimum Gasteiger partial charge on any atom is -0.507 e. The number of aryl methyl sites for hydroxylation is 3. The fraction of sp³-hybridized carbons (Fsp3) is 0.353. The number of halogens is 3. The lowest BCUT2D eigenvalue weighted by molar-refractivity contribution is -0.128. The van der Waals surface area contributed by atoms with E-state index in [0.717, 1.165) is 58.9 Å². The van der Waals surface area contributed by atoms with Crippen LogP contribution < -0.4 is 20.8 Å². The van der Waals surface area contributed by atoms with Crippen molar-refractivity contribution in [1.29, 1.82) is 0 Å². The predicted molar refractivity (Wildman–Crippen MR) is 276 cm³/mol. The SMILES string of the molecule is C=C(Cn1c(CNc2nc(N3CCN(C)CC3)nc3c(Br)cnn23)nc2cc(C)c(C)cc21)C(=O)N1CCN(c2nc(=O)n(-c3c(C)ccnc3C(C)C)c3nc(-c4c(O)cccc4F)c(F)cc23)[C@@H](C)C1. The van der Waals surface area contributed by atoms with Gasteiger partial charge >= 0.3 is 5.69 Å². The average molecular weight is 1040 g/mol. The lowest BCUT2D eigenvalue weighted by Gasteiger charge is -2.41. The van der Waals surface area contributed by atoms with Crippen molar-refractivity contribution in [3.63, 3.8) is 0 Å². The second-order valence-corrected chi connectivity index (χ2v) is 19.9. The third kappa shape index (κ3) is 8.67. The molecule has 6 aromatic heterocycles. The molecule has 2 aliphatic heterocycles. The lowest BCUT2D eigenvalue weighted by atomic mass is 10.0. The summed E-state index contributed by atoms with van der Waals surface area (Å²) in [7, 11) is 2.10. The number of benzene rings is 2. The molecule has 18 nitrogen and oxygen atoms in total. The van der Waals surface area contributed by atoms with Gasteiger partial charge in [0.2, 0.25) is 11.9 Å². The van der Waals surface area contributed by atoms with E-state index in [1.54, 1.807) is 27.9 Å². The Kier molecular flexibility index (Phi) is 12.7. The Labute approximate surface area is 421 Å². The Hall–Kier alpha value is -7.39. The topological polar surface area (TPSA) is 184 Å². The van der Waals surface area contributed by atoms with Crippen LogP contribution in [0.3, 0.4) is 0 Å². The van der Waals surface area contributed by atoms with Gasteiger partial charge in [-0.15, -0.1) is 0 Å². The van der Waals surface area contributed by atoms with Gasteiger partial charge in [0.25, 0.3) is 5.91 Å². The number of pyridine rings is 2. The number of likely N-dealkylation sites (N-methyl/N-ethyl adjacent to an activating group) is 1. The number of nitrogens with zero attached hydrogens (tertiary/aromatic N) is 14. The number of imidazole rings is 1. The summed E-state index contributed by atoms with van der Waals surface area (Å²) in [6.45, 7) is 20.4. The van der Waals surface area contributed by atoms with Crippen molar-refractivity contribution in [3.8, 4) is 22.7 Å². The van der Waals surface area contributed by atoms with E-state index in [2.05, 4.69) is 70.8 Å². The summed E-state index contributed by atoms with van der Waals surface area (Å²) >= 11 is 3.61. The monoisotopic (exact) mass is 1040 g/mol. The average Bonchev–Trinajstić information content (AvgIpc) is 3.88. The Morgan fingerprint density at radius 1 is 0.931 bits per heavy atom. The number of aromatic nitrogens is 10. The van der Waals surface area contributed by atoms with E-state index in [9.17, 15) is 14.7 Å². The third-order valence-corrected chi connectivity index (χ3v) is 14.3. The molecular formula is C51H54BrF2N15O3. The quantitative estimate of drug-likeness (QED) is 0.125. The number of rotatable bonds is 11. The first-order chi connectivity index (χ1) is 34.5. The van der Waals surface area contributed by atoms with Crippen LogP contribution in [0.15, 0.2) is 76.3 Å². The predicted octanol–water partition coefficient (Wildman–Crippen LogP) is 7.08. The van der Waals surface area contributed by atoms with Crippen LogP contribution >= 0.6 is 15.9 Å². The number of carbonyl (C=O) groups is 1. The number of piperazine rings is 2. The van der Waals surface area contributed by atoms with Gasteiger partial charge in [-0.1, -0.05) is 26.5 Å². The smallest absolute Gasteiger partial charge is 0.355 e. The lowest BCUT2D eigenvalue weighted by Crippen LogP contribution is -2.54. The van der Waals surface area contributed by atoms with Gasteiger partial charge in [0.15, 0.2) is 17.1 Å². The molecule has 8 heterocycles. The standard InChI is InChI=1S/C51H54BrF2N15O3/c1-27(2)42-44(28(3)12-13-55-42)68-46-33(22-36(54)43(59-46)41-35(53)10-9-11-39(41)70)45(61-51(68)72)66-19-18-65(26-32(66)7)48(71)31(6)25-67-38-21-30(5)29(4)20-37(38)58-40(67)24-56-49-62-50(64-16-14-63(8)15-17-64)60-47-34(52)23-57-69(47)49/h9-13,20-23,27,32,70H,6,14-19,24-26H2,1-5,7-8H3,(H,56,60,62)/t32-/m0/s1. The fourth-order valence-corrected chi connectivity index (χ4v) is 10.0. The molecule has 2 fully saturated rings. The van der Waals surface area contributed by atoms with Crippen LogP contribution in [-0.4, -0.2) is 128 Å². The normalized spacial score (nSPS) is 15.7.